The van der Waals surface area contributed by atoms with Crippen molar-refractivity contribution in [1.82, 2.24) is 4.90 Å². The van der Waals surface area contributed by atoms with Crippen LogP contribution in [0.4, 0.5) is 0 Å². The maximum atomic E-state index is 9.48. The Kier molecular flexibility index (Phi) is 5.27. The molecule has 1 aromatic rings. The maximum absolute atomic E-state index is 9.48. The van der Waals surface area contributed by atoms with Crippen molar-refractivity contribution < 1.29 is 5.11 Å². The fourth-order valence-corrected chi connectivity index (χ4v) is 2.67. The van der Waals surface area contributed by atoms with Crippen molar-refractivity contribution in [2.75, 3.05) is 13.1 Å². The van der Waals surface area contributed by atoms with Crippen LogP contribution in [0.2, 0.25) is 5.02 Å². The number of aliphatic hydroxyl groups excluding tert-OH is 1. The molecule has 0 aromatic heterocycles. The number of hydrogen-bond donors (Lipinski definition) is 1. The van der Waals surface area contributed by atoms with Crippen LogP contribution in [0.15, 0.2) is 24.3 Å². The van der Waals surface area contributed by atoms with E-state index in [4.69, 9.17) is 11.6 Å². The van der Waals surface area contributed by atoms with Crippen molar-refractivity contribution in [3.8, 4) is 11.8 Å². The second kappa shape index (κ2) is 6.96. The van der Waals surface area contributed by atoms with Gasteiger partial charge in [-0.05, 0) is 57.0 Å². The number of benzene rings is 1. The molecule has 2 rings (SSSR count). The highest BCUT2D eigenvalue weighted by Crippen LogP contribution is 2.20. The maximum Gasteiger partial charge on any atom is 0.0607 e. The normalized spacial score (nSPS) is 20.9. The molecule has 1 aliphatic heterocycles. The predicted octanol–water partition coefficient (Wildman–Crippen LogP) is 2.93. The van der Waals surface area contributed by atoms with Gasteiger partial charge in [-0.25, -0.2) is 0 Å². The number of nitrogens with zero attached hydrogens (tertiary/aromatic N) is 1. The lowest BCUT2D eigenvalue weighted by atomic mass is 10.1. The van der Waals surface area contributed by atoms with Gasteiger partial charge in [-0.15, -0.1) is 0 Å². The first-order valence-corrected chi connectivity index (χ1v) is 7.19. The van der Waals surface area contributed by atoms with Crippen LogP contribution in [0.25, 0.3) is 0 Å². The zero-order chi connectivity index (χ0) is 13.7. The number of likely N-dealkylation sites (tertiary alicyclic amines) is 1. The second-order valence-electron chi connectivity index (χ2n) is 5.16. The molecule has 2 nitrogen and oxygen atoms in total. The Morgan fingerprint density at radius 2 is 2.16 bits per heavy atom. The van der Waals surface area contributed by atoms with E-state index in [1.54, 1.807) is 0 Å². The van der Waals surface area contributed by atoms with Gasteiger partial charge < -0.3 is 5.11 Å². The van der Waals surface area contributed by atoms with E-state index in [0.717, 1.165) is 30.1 Å². The molecule has 0 aliphatic carbocycles. The lowest BCUT2D eigenvalue weighted by Crippen LogP contribution is -2.32. The van der Waals surface area contributed by atoms with E-state index in [0.29, 0.717) is 6.04 Å². The molecule has 3 heteroatoms. The van der Waals surface area contributed by atoms with Crippen LogP contribution in [-0.2, 0) is 0 Å². The van der Waals surface area contributed by atoms with Gasteiger partial charge in [0.1, 0.15) is 0 Å². The molecule has 102 valence electrons. The molecule has 2 atom stereocenters. The van der Waals surface area contributed by atoms with E-state index < -0.39 is 0 Å². The van der Waals surface area contributed by atoms with E-state index in [9.17, 15) is 5.11 Å². The van der Waals surface area contributed by atoms with Crippen LogP contribution in [0.1, 0.15) is 31.7 Å². The lowest BCUT2D eigenvalue weighted by Gasteiger charge is -2.23. The van der Waals surface area contributed by atoms with Gasteiger partial charge in [0.2, 0.25) is 0 Å². The first-order chi connectivity index (χ1) is 9.15. The third-order valence-electron chi connectivity index (χ3n) is 3.47. The fraction of sp³-hybridized carbons (Fsp3) is 0.500. The molecule has 0 spiro atoms. The van der Waals surface area contributed by atoms with Crippen LogP contribution in [-0.4, -0.2) is 35.2 Å². The summed E-state index contributed by atoms with van der Waals surface area (Å²) in [6.45, 7) is 3.72. The average Bonchev–Trinajstić information content (AvgIpc) is 2.78. The van der Waals surface area contributed by atoms with E-state index >= 15 is 0 Å². The van der Waals surface area contributed by atoms with Gasteiger partial charge in [-0.1, -0.05) is 23.4 Å². The highest BCUT2D eigenvalue weighted by Gasteiger charge is 2.24. The lowest BCUT2D eigenvalue weighted by molar-refractivity contribution is 0.140. The second-order valence-corrected chi connectivity index (χ2v) is 5.60. The minimum absolute atomic E-state index is 0.227. The first kappa shape index (κ1) is 14.4. The summed E-state index contributed by atoms with van der Waals surface area (Å²) < 4.78 is 0. The number of halogens is 1. The van der Waals surface area contributed by atoms with Crippen molar-refractivity contribution in [2.24, 2.45) is 0 Å². The van der Waals surface area contributed by atoms with Gasteiger partial charge in [-0.2, -0.15) is 0 Å². The molecule has 1 heterocycles. The minimum Gasteiger partial charge on any atom is -0.393 e. The monoisotopic (exact) mass is 277 g/mol. The Morgan fingerprint density at radius 3 is 2.84 bits per heavy atom. The summed E-state index contributed by atoms with van der Waals surface area (Å²) in [5.41, 5.74) is 0.996. The smallest absolute Gasteiger partial charge is 0.0607 e. The summed E-state index contributed by atoms with van der Waals surface area (Å²) in [6.07, 6.45) is 3.01. The summed E-state index contributed by atoms with van der Waals surface area (Å²) in [5, 5.41) is 10.2. The molecular weight excluding hydrogens is 258 g/mol. The van der Waals surface area contributed by atoms with Gasteiger partial charge in [0, 0.05) is 16.6 Å². The molecule has 1 N–H and O–H groups in total. The van der Waals surface area contributed by atoms with Gasteiger partial charge in [0.05, 0.1) is 12.6 Å². The van der Waals surface area contributed by atoms with E-state index in [1.165, 1.54) is 12.8 Å². The van der Waals surface area contributed by atoms with E-state index in [-0.39, 0.29) is 6.10 Å². The summed E-state index contributed by atoms with van der Waals surface area (Å²) in [4.78, 5) is 2.37. The number of aliphatic hydroxyl groups is 1. The van der Waals surface area contributed by atoms with Crippen molar-refractivity contribution >= 4 is 11.6 Å². The highest BCUT2D eigenvalue weighted by molar-refractivity contribution is 6.30. The molecule has 0 saturated carbocycles. The molecule has 1 fully saturated rings. The molecule has 0 radical (unpaired) electrons. The number of hydrogen-bond acceptors (Lipinski definition) is 2. The summed E-state index contributed by atoms with van der Waals surface area (Å²) >= 11 is 5.84. The molecule has 19 heavy (non-hydrogen) atoms. The Hall–Kier alpha value is -1.01. The average molecular weight is 278 g/mol. The largest absolute Gasteiger partial charge is 0.393 e. The van der Waals surface area contributed by atoms with Crippen LogP contribution in [0.5, 0.6) is 0 Å². The zero-order valence-electron chi connectivity index (χ0n) is 11.3. The predicted molar refractivity (Wildman–Crippen MR) is 79.2 cm³/mol. The first-order valence-electron chi connectivity index (χ1n) is 6.81. The topological polar surface area (TPSA) is 23.5 Å². The van der Waals surface area contributed by atoms with Gasteiger partial charge >= 0.3 is 0 Å². The third-order valence-corrected chi connectivity index (χ3v) is 3.72. The molecule has 0 bridgehead atoms. The summed E-state index contributed by atoms with van der Waals surface area (Å²) in [7, 11) is 0. The minimum atomic E-state index is -0.227. The van der Waals surface area contributed by atoms with E-state index in [2.05, 4.69) is 16.7 Å². The molecule has 1 aliphatic rings. The van der Waals surface area contributed by atoms with Gasteiger partial charge in [0.15, 0.2) is 0 Å². The molecule has 1 aromatic carbocycles. The van der Waals surface area contributed by atoms with Crippen LogP contribution < -0.4 is 0 Å². The quantitative estimate of drug-likeness (QED) is 0.859. The van der Waals surface area contributed by atoms with Gasteiger partial charge in [-0.3, -0.25) is 4.90 Å². The molecule has 2 unspecified atom stereocenters. The Bertz CT molecular complexity index is 458. The standard InChI is InChI=1S/C16H20ClNO/c1-13(19)12-16-5-3-11-18(16)10-2-4-14-6-8-15(17)9-7-14/h6-9,13,16,19H,3,5,10-12H2,1H3. The van der Waals surface area contributed by atoms with Crippen LogP contribution in [0.3, 0.4) is 0 Å². The Morgan fingerprint density at radius 1 is 1.42 bits per heavy atom. The zero-order valence-corrected chi connectivity index (χ0v) is 12.0. The molecule has 1 saturated heterocycles. The molecular formula is C16H20ClNO. The molecule has 0 amide bonds. The van der Waals surface area contributed by atoms with Crippen LogP contribution in [0, 0.1) is 11.8 Å². The van der Waals surface area contributed by atoms with E-state index in [1.807, 2.05) is 31.2 Å². The van der Waals surface area contributed by atoms with Crippen molar-refractivity contribution in [2.45, 2.75) is 38.3 Å². The van der Waals surface area contributed by atoms with Crippen molar-refractivity contribution in [3.63, 3.8) is 0 Å². The third kappa shape index (κ3) is 4.54. The Balaban J connectivity index is 1.89. The van der Waals surface area contributed by atoms with Crippen molar-refractivity contribution in [3.05, 3.63) is 34.9 Å². The summed E-state index contributed by atoms with van der Waals surface area (Å²) in [5.74, 6) is 6.38. The Labute approximate surface area is 120 Å². The number of rotatable bonds is 3. The summed E-state index contributed by atoms with van der Waals surface area (Å²) in [6, 6.07) is 8.08. The van der Waals surface area contributed by atoms with Gasteiger partial charge in [0.25, 0.3) is 0 Å². The van der Waals surface area contributed by atoms with Crippen molar-refractivity contribution in [1.29, 1.82) is 0 Å². The fourth-order valence-electron chi connectivity index (χ4n) is 2.54. The highest BCUT2D eigenvalue weighted by atomic mass is 35.5. The SMILES string of the molecule is CC(O)CC1CCCN1CC#Cc1ccc(Cl)cc1. The van der Waals surface area contributed by atoms with Crippen LogP contribution >= 0.6 is 11.6 Å².